The Hall–Kier alpha value is -4.41. The summed E-state index contributed by atoms with van der Waals surface area (Å²) in [5.41, 5.74) is 12.4. The lowest BCUT2D eigenvalue weighted by Gasteiger charge is -2.44. The molecule has 5 atom stereocenters. The summed E-state index contributed by atoms with van der Waals surface area (Å²) in [6, 6.07) is 34.4. The second-order valence-electron chi connectivity index (χ2n) is 15.1. The van der Waals surface area contributed by atoms with Gasteiger partial charge in [0.05, 0.1) is 39.8 Å². The van der Waals surface area contributed by atoms with Gasteiger partial charge in [-0.15, -0.1) is 0 Å². The Morgan fingerprint density at radius 3 is 2.31 bits per heavy atom. The zero-order chi connectivity index (χ0) is 33.0. The third-order valence-electron chi connectivity index (χ3n) is 12.9. The fourth-order valence-electron chi connectivity index (χ4n) is 10.9. The lowest BCUT2D eigenvalue weighted by Crippen LogP contribution is -2.65. The van der Waals surface area contributed by atoms with Gasteiger partial charge in [0.1, 0.15) is 12.7 Å². The number of para-hydroxylation sites is 3. The molecule has 2 aromatic heterocycles. The van der Waals surface area contributed by atoms with Crippen molar-refractivity contribution < 1.29 is 14.0 Å². The van der Waals surface area contributed by atoms with Gasteiger partial charge in [-0.05, 0) is 98.5 Å². The van der Waals surface area contributed by atoms with E-state index in [1.165, 1.54) is 74.5 Å². The lowest BCUT2D eigenvalue weighted by molar-refractivity contribution is -0.742. The highest BCUT2D eigenvalue weighted by atomic mass is 16.5. The number of nitrogens with zero attached hydrogens (tertiary/aromatic N) is 2. The Balaban J connectivity index is 1.38. The molecule has 2 aliphatic carbocycles. The first kappa shape index (κ1) is 29.5. The Morgan fingerprint density at radius 2 is 1.51 bits per heavy atom. The molecule has 5 unspecified atom stereocenters. The van der Waals surface area contributed by atoms with Crippen molar-refractivity contribution in [2.24, 2.45) is 0 Å². The maximum absolute atomic E-state index is 7.06. The molecule has 0 saturated heterocycles. The highest BCUT2D eigenvalue weighted by molar-refractivity contribution is 6.11. The molecule has 1 saturated carbocycles. The Kier molecular flexibility index (Phi) is 6.50. The molecule has 4 nitrogen and oxygen atoms in total. The normalized spacial score (nSPS) is 25.1. The van der Waals surface area contributed by atoms with Crippen molar-refractivity contribution >= 4 is 32.7 Å². The zero-order valence-corrected chi connectivity index (χ0v) is 29.1. The van der Waals surface area contributed by atoms with Crippen LogP contribution in [0.25, 0.3) is 49.7 Å². The van der Waals surface area contributed by atoms with Crippen molar-refractivity contribution in [3.8, 4) is 16.9 Å². The van der Waals surface area contributed by atoms with Gasteiger partial charge < -0.3 is 14.0 Å². The van der Waals surface area contributed by atoms with Gasteiger partial charge >= 0.3 is 0 Å². The fourth-order valence-corrected chi connectivity index (χ4v) is 10.9. The summed E-state index contributed by atoms with van der Waals surface area (Å²) in [7, 11) is 0. The molecule has 6 aromatic rings. The summed E-state index contributed by atoms with van der Waals surface area (Å²) >= 11 is 0. The summed E-state index contributed by atoms with van der Waals surface area (Å²) in [6.07, 6.45) is 7.92. The number of pyridine rings is 1. The van der Waals surface area contributed by atoms with Crippen LogP contribution >= 0.6 is 0 Å². The maximum Gasteiger partial charge on any atom is 0.217 e. The van der Waals surface area contributed by atoms with Gasteiger partial charge in [0.15, 0.2) is 5.54 Å². The lowest BCUT2D eigenvalue weighted by atomic mass is 9.66. The van der Waals surface area contributed by atoms with Gasteiger partial charge in [-0.3, -0.25) is 0 Å². The number of ether oxygens (including phenoxy) is 2. The average Bonchev–Trinajstić information content (AvgIpc) is 3.81. The number of hydrogen-bond donors (Lipinski definition) is 0. The van der Waals surface area contributed by atoms with Gasteiger partial charge in [0.2, 0.25) is 11.2 Å². The van der Waals surface area contributed by atoms with Crippen molar-refractivity contribution in [3.63, 3.8) is 0 Å². The third-order valence-corrected chi connectivity index (χ3v) is 12.9. The number of allylic oxidation sites excluding steroid dienone is 1. The number of aromatic nitrogens is 2. The number of hydrogen-bond acceptors (Lipinski definition) is 2. The van der Waals surface area contributed by atoms with E-state index in [0.717, 1.165) is 18.6 Å². The van der Waals surface area contributed by atoms with Gasteiger partial charge in [-0.1, -0.05) is 62.4 Å². The molecular formula is C45H45N2O2+. The first-order valence-corrected chi connectivity index (χ1v) is 18.6. The van der Waals surface area contributed by atoms with Crippen molar-refractivity contribution in [2.45, 2.75) is 95.3 Å². The van der Waals surface area contributed by atoms with Crippen LogP contribution in [0, 0.1) is 0 Å². The molecule has 4 aliphatic rings. The van der Waals surface area contributed by atoms with Gasteiger partial charge in [-0.2, -0.15) is 4.57 Å². The highest BCUT2D eigenvalue weighted by Gasteiger charge is 2.59. The van der Waals surface area contributed by atoms with E-state index in [4.69, 9.17) is 9.47 Å². The second-order valence-corrected chi connectivity index (χ2v) is 15.1. The second kappa shape index (κ2) is 10.8. The molecule has 10 rings (SSSR count). The summed E-state index contributed by atoms with van der Waals surface area (Å²) in [5.74, 6) is 2.32. The first-order valence-electron chi connectivity index (χ1n) is 18.6. The summed E-state index contributed by atoms with van der Waals surface area (Å²) < 4.78 is 18.9. The molecule has 4 heteroatoms. The van der Waals surface area contributed by atoms with Gasteiger partial charge in [-0.25, -0.2) is 0 Å². The number of fused-ring (bicyclic) bond motifs is 15. The molecule has 4 aromatic carbocycles. The van der Waals surface area contributed by atoms with Crippen LogP contribution in [0.15, 0.2) is 103 Å². The molecule has 0 N–H and O–H groups in total. The molecule has 2 bridgehead atoms. The smallest absolute Gasteiger partial charge is 0.217 e. The minimum Gasteiger partial charge on any atom is -0.496 e. The summed E-state index contributed by atoms with van der Waals surface area (Å²) in [4.78, 5) is 0. The van der Waals surface area contributed by atoms with Crippen molar-refractivity contribution in [3.05, 3.63) is 120 Å². The molecule has 4 heterocycles. The molecule has 0 spiro atoms. The van der Waals surface area contributed by atoms with Gasteiger partial charge in [0, 0.05) is 40.9 Å². The molecule has 2 aliphatic heterocycles. The summed E-state index contributed by atoms with van der Waals surface area (Å²) in [5, 5.41) is 4.07. The topological polar surface area (TPSA) is 27.3 Å². The fraction of sp³-hybridized carbons (Fsp3) is 0.356. The zero-order valence-electron chi connectivity index (χ0n) is 29.1. The molecule has 0 radical (unpaired) electrons. The van der Waals surface area contributed by atoms with Crippen molar-refractivity contribution in [1.29, 1.82) is 0 Å². The maximum atomic E-state index is 7.06. The quantitative estimate of drug-likeness (QED) is 0.178. The highest BCUT2D eigenvalue weighted by Crippen LogP contribution is 2.60. The largest absolute Gasteiger partial charge is 0.496 e. The van der Waals surface area contributed by atoms with E-state index < -0.39 is 0 Å². The predicted octanol–water partition coefficient (Wildman–Crippen LogP) is 10.6. The van der Waals surface area contributed by atoms with Crippen LogP contribution in [0.4, 0.5) is 0 Å². The van der Waals surface area contributed by atoms with E-state index in [2.05, 4.69) is 134 Å². The van der Waals surface area contributed by atoms with Crippen LogP contribution in [0.2, 0.25) is 0 Å². The van der Waals surface area contributed by atoms with Crippen molar-refractivity contribution in [1.82, 2.24) is 4.57 Å². The Morgan fingerprint density at radius 1 is 0.796 bits per heavy atom. The SMILES string of the molecule is CCC1(CC)C(C2COC(C)=CC(C)O2)c2cc3c4ccccc4n(-c4ccccc4)c3cc2-c2c3c(c4ccccc4[n+]21)C1CCC3C1. The minimum absolute atomic E-state index is 0.0232. The third kappa shape index (κ3) is 3.98. The monoisotopic (exact) mass is 645 g/mol. The number of rotatable bonds is 4. The van der Waals surface area contributed by atoms with Crippen molar-refractivity contribution in [2.75, 3.05) is 6.61 Å². The van der Waals surface area contributed by atoms with E-state index in [0.29, 0.717) is 18.4 Å². The van der Waals surface area contributed by atoms with E-state index in [1.54, 1.807) is 11.1 Å². The van der Waals surface area contributed by atoms with E-state index in [1.807, 2.05) is 0 Å². The predicted molar refractivity (Wildman–Crippen MR) is 199 cm³/mol. The Labute approximate surface area is 289 Å². The van der Waals surface area contributed by atoms with Crippen LogP contribution in [-0.2, 0) is 15.0 Å². The Bertz CT molecular complexity index is 2330. The summed E-state index contributed by atoms with van der Waals surface area (Å²) in [6.45, 7) is 9.62. The molecular weight excluding hydrogens is 601 g/mol. The van der Waals surface area contributed by atoms with Crippen LogP contribution in [-0.4, -0.2) is 23.4 Å². The van der Waals surface area contributed by atoms with Crippen LogP contribution < -0.4 is 4.57 Å². The average molecular weight is 646 g/mol. The molecule has 0 amide bonds. The van der Waals surface area contributed by atoms with Crippen LogP contribution in [0.3, 0.4) is 0 Å². The van der Waals surface area contributed by atoms with E-state index in [9.17, 15) is 0 Å². The number of benzene rings is 4. The molecule has 246 valence electrons. The molecule has 49 heavy (non-hydrogen) atoms. The van der Waals surface area contributed by atoms with Gasteiger partial charge in [0.25, 0.3) is 0 Å². The first-order chi connectivity index (χ1) is 24.0. The minimum atomic E-state index is -0.198. The molecule has 1 fully saturated rings. The van der Waals surface area contributed by atoms with Crippen LogP contribution in [0.1, 0.15) is 94.2 Å². The standard InChI is InChI=1S/C45H45N2O2/c1-5-45(6-2)43(40-26-48-27(3)22-28(4)49-40)35-24-34-32-16-10-12-18-37(32)46(31-14-8-7-9-15-31)39(34)25-36(35)44-42-30-21-20-29(23-30)41(42)33-17-11-13-19-38(33)47(44)45/h7-19,22,24-25,28-30,40,43H,5-6,20-21,23,26H2,1-4H3/q+1. The van der Waals surface area contributed by atoms with Crippen LogP contribution in [0.5, 0.6) is 0 Å². The van der Waals surface area contributed by atoms with E-state index >= 15 is 0 Å². The van der Waals surface area contributed by atoms with E-state index in [-0.39, 0.29) is 23.7 Å².